The van der Waals surface area contributed by atoms with Crippen LogP contribution in [0.5, 0.6) is 0 Å². The predicted molar refractivity (Wildman–Crippen MR) is 144 cm³/mol. The summed E-state index contributed by atoms with van der Waals surface area (Å²) in [5.41, 5.74) is 1.47. The molecule has 0 aromatic heterocycles. The molecule has 0 N–H and O–H groups in total. The Balaban J connectivity index is 0.000000137. The van der Waals surface area contributed by atoms with E-state index in [0.717, 1.165) is 11.1 Å². The Kier molecular flexibility index (Phi) is 5.01. The molecule has 0 aliphatic heterocycles. The highest BCUT2D eigenvalue weighted by Crippen LogP contribution is 2.40. The van der Waals surface area contributed by atoms with Gasteiger partial charge in [0.2, 0.25) is 0 Å². The van der Waals surface area contributed by atoms with E-state index < -0.39 is 0 Å². The second kappa shape index (κ2) is 8.46. The first-order valence-electron chi connectivity index (χ1n) is 11.5. The Morgan fingerprint density at radius 3 is 1.18 bits per heavy atom. The molecule has 0 saturated heterocycles. The molecule has 0 fully saturated rings. The SMILES string of the molecule is O=C(c1ccccc1)c1ccccc1.c1ccc2c(c1)c1cccc3ccc4cccc2c4c31. The van der Waals surface area contributed by atoms with Crippen LogP contribution < -0.4 is 0 Å². The highest BCUT2D eigenvalue weighted by atomic mass is 16.1. The summed E-state index contributed by atoms with van der Waals surface area (Å²) in [5.74, 6) is 0.0752. The minimum atomic E-state index is 0.0752. The summed E-state index contributed by atoms with van der Waals surface area (Å²) in [6.45, 7) is 0. The molecule has 0 heterocycles. The molecule has 7 aromatic carbocycles. The Bertz CT molecular complexity index is 1620. The first kappa shape index (κ1) is 20.1. The Labute approximate surface area is 198 Å². The predicted octanol–water partition coefficient (Wildman–Crippen LogP) is 8.65. The standard InChI is InChI=1S/C20H12.C13H10O/c1-2-8-16-15(7-1)17-9-3-5-13-11-12-14-6-4-10-18(16)20(14)19(13)17;14-13(11-7-3-1-4-8-11)12-9-5-2-6-10-12/h1-12H;1-10H. The molecule has 0 spiro atoms. The monoisotopic (exact) mass is 434 g/mol. The fourth-order valence-corrected chi connectivity index (χ4v) is 4.90. The molecule has 7 rings (SSSR count). The lowest BCUT2D eigenvalue weighted by Gasteiger charge is -2.14. The smallest absolute Gasteiger partial charge is 0.193 e. The van der Waals surface area contributed by atoms with Gasteiger partial charge in [-0.1, -0.05) is 133 Å². The van der Waals surface area contributed by atoms with Gasteiger partial charge in [-0.15, -0.1) is 0 Å². The first-order chi connectivity index (χ1) is 16.8. The third-order valence-electron chi connectivity index (χ3n) is 6.47. The second-order valence-corrected chi connectivity index (χ2v) is 8.48. The molecule has 160 valence electrons. The zero-order valence-electron chi connectivity index (χ0n) is 18.6. The third-order valence-corrected chi connectivity index (χ3v) is 6.47. The molecule has 7 aromatic rings. The Morgan fingerprint density at radius 2 is 0.735 bits per heavy atom. The molecule has 0 radical (unpaired) electrons. The quantitative estimate of drug-likeness (QED) is 0.151. The lowest BCUT2D eigenvalue weighted by Crippen LogP contribution is -1.99. The molecule has 0 amide bonds. The zero-order valence-corrected chi connectivity index (χ0v) is 18.6. The fourth-order valence-electron chi connectivity index (χ4n) is 4.90. The maximum atomic E-state index is 11.8. The summed E-state index contributed by atoms with van der Waals surface area (Å²) in [7, 11) is 0. The molecule has 0 atom stereocenters. The summed E-state index contributed by atoms with van der Waals surface area (Å²) in [5, 5.41) is 10.9. The van der Waals surface area contributed by atoms with E-state index in [2.05, 4.69) is 72.8 Å². The van der Waals surface area contributed by atoms with Crippen molar-refractivity contribution < 1.29 is 4.79 Å². The lowest BCUT2D eigenvalue weighted by molar-refractivity contribution is 0.103. The number of carbonyl (C=O) groups is 1. The van der Waals surface area contributed by atoms with E-state index in [0.29, 0.717) is 0 Å². The van der Waals surface area contributed by atoms with Crippen LogP contribution in [0.15, 0.2) is 133 Å². The summed E-state index contributed by atoms with van der Waals surface area (Å²) in [6.07, 6.45) is 0. The second-order valence-electron chi connectivity index (χ2n) is 8.48. The van der Waals surface area contributed by atoms with E-state index in [-0.39, 0.29) is 5.78 Å². The molecule has 0 saturated carbocycles. The Hall–Kier alpha value is -4.49. The lowest BCUT2D eigenvalue weighted by atomic mass is 9.89. The molecule has 0 bridgehead atoms. The van der Waals surface area contributed by atoms with Gasteiger partial charge in [0.25, 0.3) is 0 Å². The van der Waals surface area contributed by atoms with E-state index in [9.17, 15) is 4.79 Å². The minimum Gasteiger partial charge on any atom is -0.289 e. The van der Waals surface area contributed by atoms with Crippen LogP contribution in [0.2, 0.25) is 0 Å². The van der Waals surface area contributed by atoms with Gasteiger partial charge in [0.05, 0.1) is 0 Å². The Morgan fingerprint density at radius 1 is 0.353 bits per heavy atom. The van der Waals surface area contributed by atoms with Gasteiger partial charge in [-0.05, 0) is 43.1 Å². The van der Waals surface area contributed by atoms with E-state index in [4.69, 9.17) is 0 Å². The summed E-state index contributed by atoms with van der Waals surface area (Å²) < 4.78 is 0. The topological polar surface area (TPSA) is 17.1 Å². The van der Waals surface area contributed by atoms with Gasteiger partial charge in [-0.2, -0.15) is 0 Å². The number of benzene rings is 7. The van der Waals surface area contributed by atoms with Gasteiger partial charge >= 0.3 is 0 Å². The van der Waals surface area contributed by atoms with Crippen molar-refractivity contribution in [1.29, 1.82) is 0 Å². The van der Waals surface area contributed by atoms with Crippen molar-refractivity contribution in [2.45, 2.75) is 0 Å². The van der Waals surface area contributed by atoms with E-state index >= 15 is 0 Å². The molecular formula is C33H22O. The maximum Gasteiger partial charge on any atom is 0.193 e. The number of ketones is 1. The third kappa shape index (κ3) is 3.39. The summed E-state index contributed by atoms with van der Waals surface area (Å²) in [6, 6.07) is 45.0. The molecule has 0 aliphatic rings. The van der Waals surface area contributed by atoms with Crippen molar-refractivity contribution in [2.75, 3.05) is 0 Å². The molecule has 1 nitrogen and oxygen atoms in total. The van der Waals surface area contributed by atoms with Gasteiger partial charge in [-0.25, -0.2) is 0 Å². The molecule has 0 aliphatic carbocycles. The first-order valence-corrected chi connectivity index (χ1v) is 11.5. The zero-order chi connectivity index (χ0) is 22.9. The molecule has 34 heavy (non-hydrogen) atoms. The number of hydrogen-bond donors (Lipinski definition) is 0. The largest absolute Gasteiger partial charge is 0.289 e. The number of hydrogen-bond acceptors (Lipinski definition) is 1. The highest BCUT2D eigenvalue weighted by molar-refractivity contribution is 6.33. The normalized spacial score (nSPS) is 11.1. The average molecular weight is 435 g/mol. The fraction of sp³-hybridized carbons (Fsp3) is 0. The van der Waals surface area contributed by atoms with Crippen LogP contribution in [-0.4, -0.2) is 5.78 Å². The van der Waals surface area contributed by atoms with Crippen LogP contribution >= 0.6 is 0 Å². The van der Waals surface area contributed by atoms with Gasteiger partial charge in [0.1, 0.15) is 0 Å². The molecular weight excluding hydrogens is 412 g/mol. The van der Waals surface area contributed by atoms with Gasteiger partial charge in [0, 0.05) is 11.1 Å². The molecule has 0 unspecified atom stereocenters. The summed E-state index contributed by atoms with van der Waals surface area (Å²) >= 11 is 0. The van der Waals surface area contributed by atoms with Crippen molar-refractivity contribution in [1.82, 2.24) is 0 Å². The van der Waals surface area contributed by atoms with Crippen molar-refractivity contribution >= 4 is 48.9 Å². The van der Waals surface area contributed by atoms with E-state index in [1.165, 1.54) is 43.1 Å². The van der Waals surface area contributed by atoms with Gasteiger partial charge in [0.15, 0.2) is 5.78 Å². The average Bonchev–Trinajstić information content (AvgIpc) is 2.93. The number of fused-ring (bicyclic) bond motifs is 3. The van der Waals surface area contributed by atoms with Crippen LogP contribution in [0.4, 0.5) is 0 Å². The number of carbonyl (C=O) groups excluding carboxylic acids is 1. The van der Waals surface area contributed by atoms with E-state index in [1.54, 1.807) is 0 Å². The number of rotatable bonds is 2. The van der Waals surface area contributed by atoms with Gasteiger partial charge in [-0.3, -0.25) is 4.79 Å². The van der Waals surface area contributed by atoms with E-state index in [1.807, 2.05) is 60.7 Å². The van der Waals surface area contributed by atoms with Crippen LogP contribution in [0.3, 0.4) is 0 Å². The van der Waals surface area contributed by atoms with Crippen LogP contribution in [-0.2, 0) is 0 Å². The van der Waals surface area contributed by atoms with Gasteiger partial charge < -0.3 is 0 Å². The van der Waals surface area contributed by atoms with Crippen molar-refractivity contribution in [3.8, 4) is 0 Å². The van der Waals surface area contributed by atoms with Crippen LogP contribution in [0.25, 0.3) is 43.1 Å². The van der Waals surface area contributed by atoms with Crippen molar-refractivity contribution in [3.05, 3.63) is 145 Å². The van der Waals surface area contributed by atoms with Crippen LogP contribution in [0, 0.1) is 0 Å². The summed E-state index contributed by atoms with van der Waals surface area (Å²) in [4.78, 5) is 11.8. The maximum absolute atomic E-state index is 11.8. The van der Waals surface area contributed by atoms with Crippen LogP contribution in [0.1, 0.15) is 15.9 Å². The highest BCUT2D eigenvalue weighted by Gasteiger charge is 2.11. The van der Waals surface area contributed by atoms with Crippen molar-refractivity contribution in [2.24, 2.45) is 0 Å². The van der Waals surface area contributed by atoms with Crippen molar-refractivity contribution in [3.63, 3.8) is 0 Å². The minimum absolute atomic E-state index is 0.0752. The molecule has 1 heteroatoms.